The highest BCUT2D eigenvalue weighted by molar-refractivity contribution is 5.98. The van der Waals surface area contributed by atoms with Crippen molar-refractivity contribution < 1.29 is 14.3 Å². The van der Waals surface area contributed by atoms with Gasteiger partial charge in [0.2, 0.25) is 5.91 Å². The fraction of sp³-hybridized carbons (Fsp3) is 0.345. The van der Waals surface area contributed by atoms with Crippen molar-refractivity contribution >= 4 is 16.9 Å². The van der Waals surface area contributed by atoms with Crippen LogP contribution in [-0.2, 0) is 28.9 Å². The van der Waals surface area contributed by atoms with E-state index in [0.717, 1.165) is 71.7 Å². The van der Waals surface area contributed by atoms with E-state index in [1.165, 1.54) is 11.1 Å². The summed E-state index contributed by atoms with van der Waals surface area (Å²) in [5, 5.41) is 4.33. The quantitative estimate of drug-likeness (QED) is 0.414. The van der Waals surface area contributed by atoms with Crippen LogP contribution in [0.1, 0.15) is 29.7 Å². The van der Waals surface area contributed by atoms with Gasteiger partial charge in [-0.3, -0.25) is 9.78 Å². The molecule has 2 aliphatic rings. The molecule has 1 fully saturated rings. The lowest BCUT2D eigenvalue weighted by molar-refractivity contribution is -0.132. The van der Waals surface area contributed by atoms with E-state index in [0.29, 0.717) is 13.2 Å². The summed E-state index contributed by atoms with van der Waals surface area (Å²) in [4.78, 5) is 27.1. The number of aromatic amines is 1. The summed E-state index contributed by atoms with van der Waals surface area (Å²) in [6, 6.07) is 12.4. The summed E-state index contributed by atoms with van der Waals surface area (Å²) in [5.41, 5.74) is 6.06. The van der Waals surface area contributed by atoms with Crippen molar-refractivity contribution in [3.05, 3.63) is 71.8 Å². The SMILES string of the molecule is CN(C(=O)Cc1cc(-c2c[nH]c3nccc(Oc4ccc5c(c4)CNCC5)c23)ccn1)C1CCOCC1. The van der Waals surface area contributed by atoms with E-state index >= 15 is 0 Å². The van der Waals surface area contributed by atoms with Crippen LogP contribution < -0.4 is 10.1 Å². The van der Waals surface area contributed by atoms with Gasteiger partial charge in [-0.05, 0) is 72.8 Å². The molecule has 4 aromatic rings. The molecule has 0 saturated carbocycles. The molecule has 8 nitrogen and oxygen atoms in total. The lowest BCUT2D eigenvalue weighted by atomic mass is 10.0. The van der Waals surface area contributed by atoms with Gasteiger partial charge in [0.15, 0.2) is 0 Å². The number of rotatable bonds is 6. The number of carbonyl (C=O) groups is 1. The summed E-state index contributed by atoms with van der Waals surface area (Å²) in [6.45, 7) is 3.28. The average molecular weight is 498 g/mol. The van der Waals surface area contributed by atoms with Crippen LogP contribution in [0.5, 0.6) is 11.5 Å². The lowest BCUT2D eigenvalue weighted by Crippen LogP contribution is -2.41. The summed E-state index contributed by atoms with van der Waals surface area (Å²) < 4.78 is 11.8. The molecule has 1 saturated heterocycles. The number of aromatic nitrogens is 3. The number of nitrogens with zero attached hydrogens (tertiary/aromatic N) is 3. The first-order valence-corrected chi connectivity index (χ1v) is 12.9. The smallest absolute Gasteiger partial charge is 0.228 e. The van der Waals surface area contributed by atoms with Crippen LogP contribution in [0.25, 0.3) is 22.2 Å². The molecule has 0 unspecified atom stereocenters. The Morgan fingerprint density at radius 3 is 2.86 bits per heavy atom. The number of nitrogens with one attached hydrogen (secondary N) is 2. The molecule has 8 heteroatoms. The number of amides is 1. The lowest BCUT2D eigenvalue weighted by Gasteiger charge is -2.31. The van der Waals surface area contributed by atoms with Crippen LogP contribution in [0.4, 0.5) is 0 Å². The van der Waals surface area contributed by atoms with E-state index in [4.69, 9.17) is 9.47 Å². The summed E-state index contributed by atoms with van der Waals surface area (Å²) in [6.07, 6.45) is 8.50. The number of benzene rings is 1. The van der Waals surface area contributed by atoms with Crippen LogP contribution in [0.2, 0.25) is 0 Å². The van der Waals surface area contributed by atoms with Gasteiger partial charge in [-0.25, -0.2) is 4.98 Å². The standard InChI is InChI=1S/C29H31N5O3/c1-34(23-7-12-36-13-8-23)27(35)16-22-14-20(5-10-31-22)25-18-33-29-28(25)26(6-11-32-29)37-24-3-2-19-4-9-30-17-21(19)15-24/h2-3,5-6,10-11,14-15,18,23,30H,4,7-9,12-13,16-17H2,1H3,(H,32,33). The van der Waals surface area contributed by atoms with Gasteiger partial charge in [0.1, 0.15) is 17.1 Å². The van der Waals surface area contributed by atoms with Crippen molar-refractivity contribution in [2.45, 2.75) is 38.3 Å². The highest BCUT2D eigenvalue weighted by Gasteiger charge is 2.23. The third-order valence-electron chi connectivity index (χ3n) is 7.42. The van der Waals surface area contributed by atoms with E-state index in [1.54, 1.807) is 12.4 Å². The molecule has 2 N–H and O–H groups in total. The highest BCUT2D eigenvalue weighted by Crippen LogP contribution is 2.37. The minimum Gasteiger partial charge on any atom is -0.457 e. The molecule has 1 amide bonds. The fourth-order valence-electron chi connectivity index (χ4n) is 5.28. The van der Waals surface area contributed by atoms with Crippen LogP contribution >= 0.6 is 0 Å². The molecule has 0 aliphatic carbocycles. The molecule has 37 heavy (non-hydrogen) atoms. The molecule has 3 aromatic heterocycles. The maximum atomic E-state index is 13.0. The highest BCUT2D eigenvalue weighted by atomic mass is 16.5. The molecular weight excluding hydrogens is 466 g/mol. The predicted octanol–water partition coefficient (Wildman–Crippen LogP) is 4.24. The number of H-pyrrole nitrogens is 1. The molecule has 1 aromatic carbocycles. The summed E-state index contributed by atoms with van der Waals surface area (Å²) in [7, 11) is 1.88. The molecular formula is C29H31N5O3. The monoisotopic (exact) mass is 497 g/mol. The van der Waals surface area contributed by atoms with Crippen LogP contribution in [0.3, 0.4) is 0 Å². The number of ether oxygens (including phenoxy) is 2. The first kappa shape index (κ1) is 23.6. The third kappa shape index (κ3) is 4.95. The molecule has 0 bridgehead atoms. The Balaban J connectivity index is 1.27. The van der Waals surface area contributed by atoms with Gasteiger partial charge < -0.3 is 24.7 Å². The van der Waals surface area contributed by atoms with Gasteiger partial charge in [-0.2, -0.15) is 0 Å². The zero-order chi connectivity index (χ0) is 25.2. The zero-order valence-corrected chi connectivity index (χ0v) is 21.0. The topological polar surface area (TPSA) is 92.4 Å². The minimum atomic E-state index is 0.0723. The van der Waals surface area contributed by atoms with Gasteiger partial charge in [0, 0.05) is 57.0 Å². The first-order chi connectivity index (χ1) is 18.2. The normalized spacial score (nSPS) is 15.9. The second-order valence-electron chi connectivity index (χ2n) is 9.76. The Bertz CT molecular complexity index is 1430. The van der Waals surface area contributed by atoms with E-state index in [2.05, 4.69) is 32.4 Å². The van der Waals surface area contributed by atoms with Gasteiger partial charge in [0.25, 0.3) is 0 Å². The number of hydrogen-bond donors (Lipinski definition) is 2. The zero-order valence-electron chi connectivity index (χ0n) is 21.0. The Labute approximate surface area is 216 Å². The fourth-order valence-corrected chi connectivity index (χ4v) is 5.28. The van der Waals surface area contributed by atoms with E-state index in [-0.39, 0.29) is 18.4 Å². The number of hydrogen-bond acceptors (Lipinski definition) is 6. The summed E-state index contributed by atoms with van der Waals surface area (Å²) in [5.74, 6) is 1.61. The molecule has 0 spiro atoms. The van der Waals surface area contributed by atoms with Gasteiger partial charge >= 0.3 is 0 Å². The molecule has 2 aliphatic heterocycles. The largest absolute Gasteiger partial charge is 0.457 e. The maximum Gasteiger partial charge on any atom is 0.228 e. The molecule has 190 valence electrons. The van der Waals surface area contributed by atoms with Crippen molar-refractivity contribution in [2.24, 2.45) is 0 Å². The van der Waals surface area contributed by atoms with Crippen LogP contribution in [0, 0.1) is 0 Å². The van der Waals surface area contributed by atoms with Crippen molar-refractivity contribution in [3.8, 4) is 22.6 Å². The van der Waals surface area contributed by atoms with E-state index in [1.807, 2.05) is 42.4 Å². The van der Waals surface area contributed by atoms with Crippen molar-refractivity contribution in [1.82, 2.24) is 25.2 Å². The van der Waals surface area contributed by atoms with Gasteiger partial charge in [0.05, 0.1) is 17.5 Å². The first-order valence-electron chi connectivity index (χ1n) is 12.9. The van der Waals surface area contributed by atoms with E-state index < -0.39 is 0 Å². The second-order valence-corrected chi connectivity index (χ2v) is 9.76. The molecule has 0 atom stereocenters. The Kier molecular flexibility index (Phi) is 6.59. The van der Waals surface area contributed by atoms with Crippen molar-refractivity contribution in [3.63, 3.8) is 0 Å². The number of fused-ring (bicyclic) bond motifs is 2. The minimum absolute atomic E-state index is 0.0723. The number of carbonyl (C=O) groups excluding carboxylic acids is 1. The maximum absolute atomic E-state index is 13.0. The average Bonchev–Trinajstić information content (AvgIpc) is 3.39. The van der Waals surface area contributed by atoms with Crippen LogP contribution in [-0.4, -0.2) is 58.6 Å². The molecule has 5 heterocycles. The third-order valence-corrected chi connectivity index (χ3v) is 7.42. The molecule has 6 rings (SSSR count). The van der Waals surface area contributed by atoms with Crippen molar-refractivity contribution in [2.75, 3.05) is 26.8 Å². The van der Waals surface area contributed by atoms with E-state index in [9.17, 15) is 4.79 Å². The Morgan fingerprint density at radius 2 is 1.97 bits per heavy atom. The predicted molar refractivity (Wildman–Crippen MR) is 142 cm³/mol. The number of pyridine rings is 2. The Morgan fingerprint density at radius 1 is 1.11 bits per heavy atom. The van der Waals surface area contributed by atoms with Crippen LogP contribution in [0.15, 0.2) is 55.0 Å². The molecule has 0 radical (unpaired) electrons. The summed E-state index contributed by atoms with van der Waals surface area (Å²) >= 11 is 0. The van der Waals surface area contributed by atoms with Gasteiger partial charge in [-0.1, -0.05) is 6.07 Å². The van der Waals surface area contributed by atoms with Gasteiger partial charge in [-0.15, -0.1) is 0 Å². The number of likely N-dealkylation sites (N-methyl/N-ethyl adjacent to an activating group) is 1. The second kappa shape index (κ2) is 10.3. The Hall–Kier alpha value is -3.75. The van der Waals surface area contributed by atoms with Crippen molar-refractivity contribution in [1.29, 1.82) is 0 Å².